The average Bonchev–Trinajstić information content (AvgIpc) is 3.09. The summed E-state index contributed by atoms with van der Waals surface area (Å²) in [7, 11) is 0. The third-order valence-corrected chi connectivity index (χ3v) is 5.93. The van der Waals surface area contributed by atoms with E-state index in [1.165, 1.54) is 11.7 Å². The van der Waals surface area contributed by atoms with Crippen molar-refractivity contribution in [3.63, 3.8) is 0 Å². The number of amides is 1. The van der Waals surface area contributed by atoms with E-state index in [1.807, 2.05) is 6.07 Å². The lowest BCUT2D eigenvalue weighted by molar-refractivity contribution is -0.274. The Bertz CT molecular complexity index is 1190. The minimum Gasteiger partial charge on any atom is -0.406 e. The first-order valence-electron chi connectivity index (χ1n) is 8.39. The van der Waals surface area contributed by atoms with Gasteiger partial charge in [-0.15, -0.1) is 13.2 Å². The average molecular weight is 582 g/mol. The van der Waals surface area contributed by atoms with E-state index in [1.54, 1.807) is 6.07 Å². The monoisotopic (exact) mass is 579 g/mol. The van der Waals surface area contributed by atoms with E-state index in [-0.39, 0.29) is 12.1 Å². The summed E-state index contributed by atoms with van der Waals surface area (Å²) in [5.74, 6) is -1.13. The minimum absolute atomic E-state index is 0.0480. The van der Waals surface area contributed by atoms with Crippen LogP contribution in [0.5, 0.6) is 5.75 Å². The summed E-state index contributed by atoms with van der Waals surface area (Å²) in [6.07, 6.45) is -4.84. The molecule has 7 nitrogen and oxygen atoms in total. The summed E-state index contributed by atoms with van der Waals surface area (Å²) >= 11 is 12.8. The molecule has 1 amide bonds. The standard InChI is InChI=1S/C18H11Br2ClF3N5O2/c1-17(7-25,8-29-27-14-11(19)6-12(21)13(20)15(14)28-29)26-16(30)9-2-4-10(5-3-9)31-18(22,23)24/h2-6H,8H2,1H3,(H,26,30). The number of fused-ring (bicyclic) bond motifs is 1. The Morgan fingerprint density at radius 2 is 1.87 bits per heavy atom. The van der Waals surface area contributed by atoms with E-state index in [2.05, 4.69) is 52.1 Å². The predicted octanol–water partition coefficient (Wildman–Crippen LogP) is 5.22. The molecule has 1 atom stereocenters. The van der Waals surface area contributed by atoms with Gasteiger partial charge in [0, 0.05) is 10.0 Å². The lowest BCUT2D eigenvalue weighted by atomic mass is 10.0. The number of nitriles is 1. The van der Waals surface area contributed by atoms with Crippen LogP contribution < -0.4 is 10.1 Å². The van der Waals surface area contributed by atoms with Crippen molar-refractivity contribution in [1.29, 1.82) is 5.26 Å². The Labute approximate surface area is 195 Å². The molecule has 0 aliphatic carbocycles. The molecule has 13 heteroatoms. The van der Waals surface area contributed by atoms with Crippen LogP contribution in [0.2, 0.25) is 5.02 Å². The maximum absolute atomic E-state index is 12.5. The van der Waals surface area contributed by atoms with Gasteiger partial charge in [0.1, 0.15) is 22.3 Å². The van der Waals surface area contributed by atoms with Crippen LogP contribution in [0.4, 0.5) is 13.2 Å². The van der Waals surface area contributed by atoms with Crippen LogP contribution in [0.15, 0.2) is 39.3 Å². The van der Waals surface area contributed by atoms with Gasteiger partial charge in [0.05, 0.1) is 22.1 Å². The summed E-state index contributed by atoms with van der Waals surface area (Å²) < 4.78 is 41.7. The number of hydrogen-bond acceptors (Lipinski definition) is 5. The van der Waals surface area contributed by atoms with Gasteiger partial charge in [0.25, 0.3) is 5.91 Å². The summed E-state index contributed by atoms with van der Waals surface area (Å²) in [6.45, 7) is 1.37. The van der Waals surface area contributed by atoms with Crippen LogP contribution in [-0.4, -0.2) is 32.8 Å². The van der Waals surface area contributed by atoms with E-state index in [0.717, 1.165) is 24.3 Å². The second-order valence-electron chi connectivity index (χ2n) is 6.55. The molecular formula is C18H11Br2ClF3N5O2. The maximum atomic E-state index is 12.5. The van der Waals surface area contributed by atoms with Crippen molar-refractivity contribution in [3.8, 4) is 11.8 Å². The molecule has 0 radical (unpaired) electrons. The SMILES string of the molecule is CC(C#N)(Cn1nc2c(Br)cc(Cl)c(Br)c2n1)NC(=O)c1ccc(OC(F)(F)F)cc1. The molecular weight excluding hydrogens is 570 g/mol. The molecule has 0 spiro atoms. The number of alkyl halides is 3. The summed E-state index contributed by atoms with van der Waals surface area (Å²) in [6, 6.07) is 7.97. The van der Waals surface area contributed by atoms with Crippen molar-refractivity contribution in [2.24, 2.45) is 0 Å². The van der Waals surface area contributed by atoms with Crippen molar-refractivity contribution in [2.75, 3.05) is 0 Å². The Kier molecular flexibility index (Phi) is 6.50. The van der Waals surface area contributed by atoms with E-state index < -0.39 is 23.6 Å². The van der Waals surface area contributed by atoms with Crippen molar-refractivity contribution in [3.05, 3.63) is 49.9 Å². The Morgan fingerprint density at radius 1 is 1.26 bits per heavy atom. The topological polar surface area (TPSA) is 92.8 Å². The Balaban J connectivity index is 1.79. The highest BCUT2D eigenvalue weighted by Gasteiger charge is 2.32. The predicted molar refractivity (Wildman–Crippen MR) is 113 cm³/mol. The van der Waals surface area contributed by atoms with Gasteiger partial charge in [0.2, 0.25) is 0 Å². The van der Waals surface area contributed by atoms with Gasteiger partial charge in [0.15, 0.2) is 0 Å². The van der Waals surface area contributed by atoms with E-state index >= 15 is 0 Å². The van der Waals surface area contributed by atoms with Gasteiger partial charge >= 0.3 is 6.36 Å². The Morgan fingerprint density at radius 3 is 2.45 bits per heavy atom. The zero-order valence-electron chi connectivity index (χ0n) is 15.5. The maximum Gasteiger partial charge on any atom is 0.573 e. The smallest absolute Gasteiger partial charge is 0.406 e. The molecule has 0 saturated carbocycles. The number of carbonyl (C=O) groups is 1. The fraction of sp³-hybridized carbons (Fsp3) is 0.222. The minimum atomic E-state index is -4.84. The zero-order valence-corrected chi connectivity index (χ0v) is 19.4. The summed E-state index contributed by atoms with van der Waals surface area (Å²) in [4.78, 5) is 13.8. The van der Waals surface area contributed by atoms with Crippen LogP contribution in [-0.2, 0) is 6.54 Å². The highest BCUT2D eigenvalue weighted by atomic mass is 79.9. The van der Waals surface area contributed by atoms with Gasteiger partial charge in [-0.05, 0) is 69.1 Å². The summed E-state index contributed by atoms with van der Waals surface area (Å²) in [5, 5.41) is 21.2. The first kappa shape index (κ1) is 23.3. The molecule has 1 aromatic heterocycles. The molecule has 0 fully saturated rings. The highest BCUT2D eigenvalue weighted by molar-refractivity contribution is 9.11. The number of nitrogens with zero attached hydrogens (tertiary/aromatic N) is 4. The van der Waals surface area contributed by atoms with Crippen molar-refractivity contribution < 1.29 is 22.7 Å². The van der Waals surface area contributed by atoms with E-state index in [0.29, 0.717) is 25.0 Å². The molecule has 3 rings (SSSR count). The largest absolute Gasteiger partial charge is 0.573 e. The molecule has 162 valence electrons. The number of ether oxygens (including phenoxy) is 1. The number of nitrogens with one attached hydrogen (secondary N) is 1. The number of aromatic nitrogens is 3. The van der Waals surface area contributed by atoms with Crippen LogP contribution in [0.3, 0.4) is 0 Å². The van der Waals surface area contributed by atoms with Crippen LogP contribution in [0.25, 0.3) is 11.0 Å². The number of rotatable bonds is 5. The van der Waals surface area contributed by atoms with Crippen molar-refractivity contribution in [1.82, 2.24) is 20.3 Å². The van der Waals surface area contributed by atoms with E-state index in [9.17, 15) is 23.2 Å². The molecule has 0 saturated heterocycles. The molecule has 0 bridgehead atoms. The van der Waals surface area contributed by atoms with Crippen molar-refractivity contribution in [2.45, 2.75) is 25.4 Å². The fourth-order valence-electron chi connectivity index (χ4n) is 2.60. The molecule has 1 unspecified atom stereocenters. The molecule has 0 aliphatic rings. The quantitative estimate of drug-likeness (QED) is 0.417. The third-order valence-electron chi connectivity index (χ3n) is 4.00. The van der Waals surface area contributed by atoms with Crippen LogP contribution >= 0.6 is 43.5 Å². The van der Waals surface area contributed by atoms with Crippen LogP contribution in [0, 0.1) is 11.3 Å². The van der Waals surface area contributed by atoms with Gasteiger partial charge in [-0.25, -0.2) is 0 Å². The number of halogens is 6. The van der Waals surface area contributed by atoms with Crippen molar-refractivity contribution >= 4 is 60.4 Å². The lowest BCUT2D eigenvalue weighted by Crippen LogP contribution is -2.48. The third kappa shape index (κ3) is 5.47. The van der Waals surface area contributed by atoms with Gasteiger partial charge in [-0.1, -0.05) is 11.6 Å². The van der Waals surface area contributed by atoms with Crippen LogP contribution in [0.1, 0.15) is 17.3 Å². The zero-order chi connectivity index (χ0) is 23.0. The Hall–Kier alpha value is -2.36. The lowest BCUT2D eigenvalue weighted by Gasteiger charge is -2.22. The first-order chi connectivity index (χ1) is 14.4. The molecule has 0 aliphatic heterocycles. The first-order valence-corrected chi connectivity index (χ1v) is 10.3. The number of hydrogen-bond donors (Lipinski definition) is 1. The van der Waals surface area contributed by atoms with Gasteiger partial charge < -0.3 is 10.1 Å². The molecule has 1 heterocycles. The fourth-order valence-corrected chi connectivity index (χ4v) is 3.81. The van der Waals surface area contributed by atoms with Gasteiger partial charge in [-0.3, -0.25) is 4.79 Å². The molecule has 31 heavy (non-hydrogen) atoms. The molecule has 3 aromatic rings. The molecule has 1 N–H and O–H groups in total. The normalized spacial score (nSPS) is 13.5. The second-order valence-corrected chi connectivity index (χ2v) is 8.61. The van der Waals surface area contributed by atoms with E-state index in [4.69, 9.17) is 11.6 Å². The second kappa shape index (κ2) is 8.64. The highest BCUT2D eigenvalue weighted by Crippen LogP contribution is 2.34. The summed E-state index contributed by atoms with van der Waals surface area (Å²) in [5.41, 5.74) is -0.406. The number of carbonyl (C=O) groups excluding carboxylic acids is 1. The number of benzene rings is 2. The van der Waals surface area contributed by atoms with Gasteiger partial charge in [-0.2, -0.15) is 20.3 Å². The molecule has 2 aromatic carbocycles.